The summed E-state index contributed by atoms with van der Waals surface area (Å²) >= 11 is 0. The molecule has 7 heteroatoms. The molecular formula is C13H20N2O5. The molecule has 1 aliphatic heterocycles. The van der Waals surface area contributed by atoms with Gasteiger partial charge in [-0.1, -0.05) is 12.8 Å². The Morgan fingerprint density at radius 3 is 2.70 bits per heavy atom. The van der Waals surface area contributed by atoms with Crippen LogP contribution in [0.4, 0.5) is 4.79 Å². The van der Waals surface area contributed by atoms with E-state index in [4.69, 9.17) is 4.74 Å². The summed E-state index contributed by atoms with van der Waals surface area (Å²) in [5.41, 5.74) is -0.777. The van der Waals surface area contributed by atoms with Crippen LogP contribution in [0.5, 0.6) is 0 Å². The maximum Gasteiger partial charge on any atom is 0.325 e. The van der Waals surface area contributed by atoms with Crippen molar-refractivity contribution in [1.29, 1.82) is 0 Å². The van der Waals surface area contributed by atoms with Crippen molar-refractivity contribution >= 4 is 17.9 Å². The molecule has 1 saturated heterocycles. The largest absolute Gasteiger partial charge is 0.466 e. The Morgan fingerprint density at radius 1 is 1.45 bits per heavy atom. The lowest BCUT2D eigenvalue weighted by Crippen LogP contribution is -2.44. The lowest BCUT2D eigenvalue weighted by molar-refractivity contribution is -0.146. The molecule has 2 aliphatic rings. The van der Waals surface area contributed by atoms with Gasteiger partial charge in [-0.25, -0.2) is 4.79 Å². The average Bonchev–Trinajstić information content (AvgIpc) is 2.92. The van der Waals surface area contributed by atoms with Crippen LogP contribution in [0.15, 0.2) is 0 Å². The maximum atomic E-state index is 12.3. The lowest BCUT2D eigenvalue weighted by atomic mass is 9.98. The van der Waals surface area contributed by atoms with Crippen LogP contribution >= 0.6 is 0 Å². The van der Waals surface area contributed by atoms with Gasteiger partial charge in [-0.3, -0.25) is 14.5 Å². The number of nitrogens with zero attached hydrogens (tertiary/aromatic N) is 1. The maximum absolute atomic E-state index is 12.3. The molecule has 1 spiro atoms. The summed E-state index contributed by atoms with van der Waals surface area (Å²) in [5, 5.41) is 12.5. The number of amides is 3. The Balaban J connectivity index is 1.94. The van der Waals surface area contributed by atoms with Crippen molar-refractivity contribution in [2.75, 3.05) is 13.2 Å². The van der Waals surface area contributed by atoms with E-state index >= 15 is 0 Å². The molecule has 0 bridgehead atoms. The topological polar surface area (TPSA) is 95.9 Å². The van der Waals surface area contributed by atoms with Crippen molar-refractivity contribution in [2.45, 2.75) is 50.7 Å². The second-order valence-corrected chi connectivity index (χ2v) is 5.30. The summed E-state index contributed by atoms with van der Waals surface area (Å²) in [6.45, 7) is 1.73. The van der Waals surface area contributed by atoms with Crippen LogP contribution in [0.2, 0.25) is 0 Å². The van der Waals surface area contributed by atoms with E-state index in [0.717, 1.165) is 17.7 Å². The molecule has 0 aromatic rings. The third-order valence-electron chi connectivity index (χ3n) is 3.80. The van der Waals surface area contributed by atoms with E-state index in [1.54, 1.807) is 6.92 Å². The minimum Gasteiger partial charge on any atom is -0.466 e. The standard InChI is InChI=1S/C13H20N2O5/c1-2-20-10(17)7-9(16)8-15-11(18)13(14-12(15)19)5-3-4-6-13/h9,16H,2-8H2,1H3,(H,14,19). The highest BCUT2D eigenvalue weighted by Crippen LogP contribution is 2.35. The highest BCUT2D eigenvalue weighted by molar-refractivity contribution is 6.07. The van der Waals surface area contributed by atoms with Crippen LogP contribution in [-0.2, 0) is 14.3 Å². The molecule has 3 amide bonds. The first-order chi connectivity index (χ1) is 9.48. The van der Waals surface area contributed by atoms with Crippen LogP contribution in [0.3, 0.4) is 0 Å². The van der Waals surface area contributed by atoms with E-state index in [1.165, 1.54) is 0 Å². The summed E-state index contributed by atoms with van der Waals surface area (Å²) in [5.74, 6) is -0.828. The molecule has 1 aliphatic carbocycles. The number of β-amino-alcohol motifs (C(OH)–C–C–N with tert-alkyl or cyclic N) is 1. The van der Waals surface area contributed by atoms with Crippen molar-refractivity contribution in [3.05, 3.63) is 0 Å². The number of hydrogen-bond acceptors (Lipinski definition) is 5. The van der Waals surface area contributed by atoms with Crippen LogP contribution in [-0.4, -0.2) is 52.7 Å². The number of carbonyl (C=O) groups is 3. The van der Waals surface area contributed by atoms with Gasteiger partial charge in [0, 0.05) is 0 Å². The van der Waals surface area contributed by atoms with E-state index in [0.29, 0.717) is 12.8 Å². The predicted molar refractivity (Wildman–Crippen MR) is 68.7 cm³/mol. The summed E-state index contributed by atoms with van der Waals surface area (Å²) in [7, 11) is 0. The predicted octanol–water partition coefficient (Wildman–Crippen LogP) is 0.165. The summed E-state index contributed by atoms with van der Waals surface area (Å²) in [4.78, 5) is 36.4. The first kappa shape index (κ1) is 14.8. The minimum absolute atomic E-state index is 0.175. The molecular weight excluding hydrogens is 264 g/mol. The summed E-state index contributed by atoms with van der Waals surface area (Å²) < 4.78 is 4.72. The number of hydrogen-bond donors (Lipinski definition) is 2. The summed E-state index contributed by atoms with van der Waals surface area (Å²) in [6.07, 6.45) is 1.78. The average molecular weight is 284 g/mol. The second-order valence-electron chi connectivity index (χ2n) is 5.30. The fourth-order valence-corrected chi connectivity index (χ4v) is 2.85. The molecule has 20 heavy (non-hydrogen) atoms. The fourth-order valence-electron chi connectivity index (χ4n) is 2.85. The monoisotopic (exact) mass is 284 g/mol. The van der Waals surface area contributed by atoms with E-state index in [9.17, 15) is 19.5 Å². The smallest absolute Gasteiger partial charge is 0.325 e. The SMILES string of the molecule is CCOC(=O)CC(O)CN1C(=O)NC2(CCCC2)C1=O. The van der Waals surface area contributed by atoms with Gasteiger partial charge in [0.15, 0.2) is 0 Å². The molecule has 1 atom stereocenters. The van der Waals surface area contributed by atoms with E-state index in [2.05, 4.69) is 5.32 Å². The molecule has 112 valence electrons. The number of nitrogens with one attached hydrogen (secondary N) is 1. The zero-order valence-corrected chi connectivity index (χ0v) is 11.6. The van der Waals surface area contributed by atoms with Gasteiger partial charge >= 0.3 is 12.0 Å². The Kier molecular flexibility index (Phi) is 4.27. The van der Waals surface area contributed by atoms with Gasteiger partial charge < -0.3 is 15.2 Å². The minimum atomic E-state index is -1.10. The number of rotatable bonds is 5. The van der Waals surface area contributed by atoms with Crippen LogP contribution in [0.25, 0.3) is 0 Å². The van der Waals surface area contributed by atoms with Gasteiger partial charge in [-0.05, 0) is 19.8 Å². The number of aliphatic hydroxyl groups is 1. The van der Waals surface area contributed by atoms with Crippen molar-refractivity contribution in [2.24, 2.45) is 0 Å². The third-order valence-corrected chi connectivity index (χ3v) is 3.80. The molecule has 0 radical (unpaired) electrons. The van der Waals surface area contributed by atoms with Gasteiger partial charge in [0.05, 0.1) is 25.7 Å². The van der Waals surface area contributed by atoms with Crippen LogP contribution < -0.4 is 5.32 Å². The third kappa shape index (κ3) is 2.77. The fraction of sp³-hybridized carbons (Fsp3) is 0.769. The Hall–Kier alpha value is -1.63. The second kappa shape index (κ2) is 5.78. The molecule has 2 fully saturated rings. The van der Waals surface area contributed by atoms with Gasteiger partial charge in [0.1, 0.15) is 5.54 Å². The van der Waals surface area contributed by atoms with Gasteiger partial charge in [0.25, 0.3) is 5.91 Å². The highest BCUT2D eigenvalue weighted by Gasteiger charge is 2.52. The number of aliphatic hydroxyl groups excluding tert-OH is 1. The molecule has 2 N–H and O–H groups in total. The zero-order chi connectivity index (χ0) is 14.8. The van der Waals surface area contributed by atoms with Crippen LogP contribution in [0, 0.1) is 0 Å². The van der Waals surface area contributed by atoms with E-state index < -0.39 is 23.6 Å². The zero-order valence-electron chi connectivity index (χ0n) is 11.6. The molecule has 0 aromatic carbocycles. The quantitative estimate of drug-likeness (QED) is 0.554. The lowest BCUT2D eigenvalue weighted by Gasteiger charge is -2.21. The van der Waals surface area contributed by atoms with Crippen LogP contribution in [0.1, 0.15) is 39.0 Å². The molecule has 1 unspecified atom stereocenters. The highest BCUT2D eigenvalue weighted by atomic mass is 16.5. The van der Waals surface area contributed by atoms with Gasteiger partial charge in [0.2, 0.25) is 0 Å². The molecule has 2 rings (SSSR count). The normalized spacial score (nSPS) is 22.2. The Labute approximate surface area is 117 Å². The molecule has 1 saturated carbocycles. The number of esters is 1. The van der Waals surface area contributed by atoms with Crippen molar-refractivity contribution in [1.82, 2.24) is 10.2 Å². The first-order valence-corrected chi connectivity index (χ1v) is 6.96. The van der Waals surface area contributed by atoms with E-state index in [1.807, 2.05) is 0 Å². The molecule has 0 aromatic heterocycles. The van der Waals surface area contributed by atoms with Gasteiger partial charge in [-0.2, -0.15) is 0 Å². The number of carbonyl (C=O) groups excluding carboxylic acids is 3. The van der Waals surface area contributed by atoms with Crippen molar-refractivity contribution in [3.63, 3.8) is 0 Å². The van der Waals surface area contributed by atoms with Crippen molar-refractivity contribution in [3.8, 4) is 0 Å². The number of imide groups is 1. The van der Waals surface area contributed by atoms with Gasteiger partial charge in [-0.15, -0.1) is 0 Å². The molecule has 1 heterocycles. The molecule has 7 nitrogen and oxygen atoms in total. The van der Waals surface area contributed by atoms with E-state index in [-0.39, 0.29) is 25.5 Å². The Morgan fingerprint density at radius 2 is 2.10 bits per heavy atom. The first-order valence-electron chi connectivity index (χ1n) is 6.96. The summed E-state index contributed by atoms with van der Waals surface area (Å²) in [6, 6.07) is -0.486. The Bertz CT molecular complexity index is 417. The van der Waals surface area contributed by atoms with Crippen molar-refractivity contribution < 1.29 is 24.2 Å². The number of urea groups is 1. The number of ether oxygens (including phenoxy) is 1.